The summed E-state index contributed by atoms with van der Waals surface area (Å²) in [6, 6.07) is 12.2. The maximum atomic E-state index is 12.2. The first-order valence-electron chi connectivity index (χ1n) is 8.80. The highest BCUT2D eigenvalue weighted by Crippen LogP contribution is 2.29. The monoisotopic (exact) mass is 368 g/mol. The molecule has 0 spiro atoms. The van der Waals surface area contributed by atoms with E-state index in [1.807, 2.05) is 24.3 Å². The van der Waals surface area contributed by atoms with Gasteiger partial charge < -0.3 is 4.74 Å². The Labute approximate surface area is 159 Å². The van der Waals surface area contributed by atoms with Gasteiger partial charge in [-0.25, -0.2) is 5.43 Å². The van der Waals surface area contributed by atoms with Gasteiger partial charge in [0.25, 0.3) is 0 Å². The molecule has 0 aliphatic heterocycles. The number of nitrogens with zero attached hydrogens (tertiary/aromatic N) is 1. The van der Waals surface area contributed by atoms with Crippen LogP contribution in [-0.2, 0) is 11.2 Å². The van der Waals surface area contributed by atoms with Gasteiger partial charge in [0.15, 0.2) is 0 Å². The topological polar surface area (TPSA) is 50.7 Å². The second-order valence-electron chi connectivity index (χ2n) is 6.48. The molecule has 26 heavy (non-hydrogen) atoms. The molecule has 136 valence electrons. The SMILES string of the molecule is COc1cc(C)c2c(c1)CCC/C2=N/NC(=O)CSc1ccccc1C. The van der Waals surface area contributed by atoms with Crippen LogP contribution in [0.25, 0.3) is 0 Å². The lowest BCUT2D eigenvalue weighted by atomic mass is 9.87. The van der Waals surface area contributed by atoms with Gasteiger partial charge in [-0.15, -0.1) is 11.8 Å². The Bertz CT molecular complexity index is 846. The summed E-state index contributed by atoms with van der Waals surface area (Å²) in [5.41, 5.74) is 8.42. The largest absolute Gasteiger partial charge is 0.497 e. The van der Waals surface area contributed by atoms with E-state index in [-0.39, 0.29) is 5.91 Å². The maximum Gasteiger partial charge on any atom is 0.250 e. The van der Waals surface area contributed by atoms with E-state index in [1.54, 1.807) is 7.11 Å². The molecule has 2 aromatic carbocycles. The number of methoxy groups -OCH3 is 1. The predicted molar refractivity (Wildman–Crippen MR) is 107 cm³/mol. The van der Waals surface area contributed by atoms with Crippen LogP contribution in [0.15, 0.2) is 46.4 Å². The Kier molecular flexibility index (Phi) is 5.99. The van der Waals surface area contributed by atoms with Crippen LogP contribution in [0.2, 0.25) is 0 Å². The Morgan fingerprint density at radius 3 is 2.77 bits per heavy atom. The second-order valence-corrected chi connectivity index (χ2v) is 7.50. The van der Waals surface area contributed by atoms with Gasteiger partial charge in [-0.2, -0.15) is 5.10 Å². The van der Waals surface area contributed by atoms with E-state index in [0.29, 0.717) is 5.75 Å². The summed E-state index contributed by atoms with van der Waals surface area (Å²) >= 11 is 1.54. The van der Waals surface area contributed by atoms with Crippen LogP contribution in [0.5, 0.6) is 5.75 Å². The number of fused-ring (bicyclic) bond motifs is 1. The molecule has 1 aliphatic carbocycles. The predicted octanol–water partition coefficient (Wildman–Crippen LogP) is 4.26. The van der Waals surface area contributed by atoms with Crippen molar-refractivity contribution in [2.45, 2.75) is 38.0 Å². The average molecular weight is 369 g/mol. The smallest absolute Gasteiger partial charge is 0.250 e. The Morgan fingerprint density at radius 2 is 2.00 bits per heavy atom. The van der Waals surface area contributed by atoms with E-state index in [4.69, 9.17) is 4.74 Å². The van der Waals surface area contributed by atoms with Gasteiger partial charge >= 0.3 is 0 Å². The number of hydrogen-bond donors (Lipinski definition) is 1. The molecule has 0 heterocycles. The lowest BCUT2D eigenvalue weighted by molar-refractivity contribution is -0.118. The molecule has 4 nitrogen and oxygen atoms in total. The van der Waals surface area contributed by atoms with E-state index in [1.165, 1.54) is 22.9 Å². The first-order valence-corrected chi connectivity index (χ1v) is 9.78. The summed E-state index contributed by atoms with van der Waals surface area (Å²) in [4.78, 5) is 13.3. The van der Waals surface area contributed by atoms with Crippen molar-refractivity contribution in [1.82, 2.24) is 5.43 Å². The minimum absolute atomic E-state index is 0.0796. The van der Waals surface area contributed by atoms with Crippen molar-refractivity contribution >= 4 is 23.4 Å². The first-order chi connectivity index (χ1) is 12.6. The third-order valence-corrected chi connectivity index (χ3v) is 5.72. The Balaban J connectivity index is 1.68. The number of carbonyl (C=O) groups is 1. The molecule has 0 unspecified atom stereocenters. The van der Waals surface area contributed by atoms with Gasteiger partial charge in [-0.1, -0.05) is 18.2 Å². The number of aryl methyl sites for hydroxylation is 3. The number of benzene rings is 2. The lowest BCUT2D eigenvalue weighted by Gasteiger charge is -2.21. The number of carbonyl (C=O) groups excluding carboxylic acids is 1. The minimum Gasteiger partial charge on any atom is -0.497 e. The zero-order valence-electron chi connectivity index (χ0n) is 15.5. The maximum absolute atomic E-state index is 12.2. The van der Waals surface area contributed by atoms with Gasteiger partial charge in [-0.3, -0.25) is 4.79 Å². The van der Waals surface area contributed by atoms with Crippen LogP contribution < -0.4 is 10.2 Å². The number of nitrogens with one attached hydrogen (secondary N) is 1. The third kappa shape index (κ3) is 4.28. The molecule has 1 amide bonds. The molecule has 0 aromatic heterocycles. The van der Waals surface area contributed by atoms with Gasteiger partial charge in [-0.05, 0) is 68.0 Å². The van der Waals surface area contributed by atoms with Crippen molar-refractivity contribution < 1.29 is 9.53 Å². The van der Waals surface area contributed by atoms with E-state index >= 15 is 0 Å². The molecule has 0 saturated carbocycles. The van der Waals surface area contributed by atoms with Crippen molar-refractivity contribution in [3.05, 3.63) is 58.7 Å². The number of ether oxygens (including phenoxy) is 1. The zero-order valence-corrected chi connectivity index (χ0v) is 16.3. The van der Waals surface area contributed by atoms with Crippen LogP contribution in [0.1, 0.15) is 35.1 Å². The summed E-state index contributed by atoms with van der Waals surface area (Å²) in [5, 5.41) is 4.44. The van der Waals surface area contributed by atoms with Crippen LogP contribution in [0, 0.1) is 13.8 Å². The summed E-state index contributed by atoms with van der Waals surface area (Å²) in [5.74, 6) is 1.15. The number of thioether (sulfide) groups is 1. The fraction of sp³-hybridized carbons (Fsp3) is 0.333. The third-order valence-electron chi connectivity index (χ3n) is 4.54. The van der Waals surface area contributed by atoms with Crippen LogP contribution in [0.4, 0.5) is 0 Å². The standard InChI is InChI=1S/C21H24N2O2S/c1-14-7-4-5-10-19(14)26-13-20(24)23-22-18-9-6-8-16-12-17(25-3)11-15(2)21(16)18/h4-5,7,10-12H,6,8-9,13H2,1-3H3,(H,23,24)/b22-18-. The highest BCUT2D eigenvalue weighted by Gasteiger charge is 2.19. The molecule has 0 bridgehead atoms. The normalized spacial score (nSPS) is 14.8. The highest BCUT2D eigenvalue weighted by molar-refractivity contribution is 8.00. The van der Waals surface area contributed by atoms with Gasteiger partial charge in [0.05, 0.1) is 18.6 Å². The summed E-state index contributed by atoms with van der Waals surface area (Å²) < 4.78 is 5.37. The van der Waals surface area contributed by atoms with Gasteiger partial charge in [0.1, 0.15) is 5.75 Å². The quantitative estimate of drug-likeness (QED) is 0.634. The minimum atomic E-state index is -0.0796. The van der Waals surface area contributed by atoms with Crippen LogP contribution >= 0.6 is 11.8 Å². The first kappa shape index (κ1) is 18.5. The molecular formula is C21H24N2O2S. The molecule has 2 aromatic rings. The van der Waals surface area contributed by atoms with E-state index in [2.05, 4.69) is 36.5 Å². The fourth-order valence-electron chi connectivity index (χ4n) is 3.26. The highest BCUT2D eigenvalue weighted by atomic mass is 32.2. The summed E-state index contributed by atoms with van der Waals surface area (Å²) in [7, 11) is 1.69. The fourth-order valence-corrected chi connectivity index (χ4v) is 4.08. The van der Waals surface area contributed by atoms with E-state index in [0.717, 1.165) is 46.7 Å². The molecule has 0 fully saturated rings. The van der Waals surface area contributed by atoms with Gasteiger partial charge in [0, 0.05) is 10.5 Å². The molecule has 3 rings (SSSR count). The molecule has 1 N–H and O–H groups in total. The zero-order chi connectivity index (χ0) is 18.5. The van der Waals surface area contributed by atoms with Crippen molar-refractivity contribution in [3.63, 3.8) is 0 Å². The molecular weight excluding hydrogens is 344 g/mol. The van der Waals surface area contributed by atoms with Crippen molar-refractivity contribution in [1.29, 1.82) is 0 Å². The number of hydrazone groups is 1. The molecule has 0 saturated heterocycles. The van der Waals surface area contributed by atoms with Crippen LogP contribution in [0.3, 0.4) is 0 Å². The number of amides is 1. The van der Waals surface area contributed by atoms with E-state index in [9.17, 15) is 4.79 Å². The van der Waals surface area contributed by atoms with E-state index < -0.39 is 0 Å². The summed E-state index contributed by atoms with van der Waals surface area (Å²) in [6.07, 6.45) is 2.93. The lowest BCUT2D eigenvalue weighted by Crippen LogP contribution is -2.24. The second kappa shape index (κ2) is 8.41. The van der Waals surface area contributed by atoms with Gasteiger partial charge in [0.2, 0.25) is 5.91 Å². The summed E-state index contributed by atoms with van der Waals surface area (Å²) in [6.45, 7) is 4.12. The van der Waals surface area contributed by atoms with Crippen LogP contribution in [-0.4, -0.2) is 24.5 Å². The number of rotatable bonds is 5. The van der Waals surface area contributed by atoms with Crippen molar-refractivity contribution in [3.8, 4) is 5.75 Å². The van der Waals surface area contributed by atoms with Crippen molar-refractivity contribution in [2.75, 3.05) is 12.9 Å². The average Bonchev–Trinajstić information content (AvgIpc) is 2.65. The molecule has 1 aliphatic rings. The van der Waals surface area contributed by atoms with Crippen molar-refractivity contribution in [2.24, 2.45) is 5.10 Å². The molecule has 5 heteroatoms. The Morgan fingerprint density at radius 1 is 1.19 bits per heavy atom. The number of hydrogen-bond acceptors (Lipinski definition) is 4. The molecule has 0 atom stereocenters. The Hall–Kier alpha value is -2.27. The molecule has 0 radical (unpaired) electrons.